The molecule has 2 heterocycles. The Hall–Kier alpha value is -3.93. The standard InChI is InChI=1S/C23H18F3N3O3/c1-13-6-15(8-18(7-13)23(24,25)26)11-29-12-17(9-16(10-27)14(2)30)20-19(22(31)32-3)4-5-28-21(20)29/h4-9,12H,11H2,1-3H3/b16-9+. The number of fused-ring (bicyclic) bond motifs is 1. The number of ketones is 1. The van der Waals surface area contributed by atoms with Crippen LogP contribution in [0.1, 0.15) is 39.5 Å². The molecule has 0 fully saturated rings. The van der Waals surface area contributed by atoms with Crippen LogP contribution in [0.2, 0.25) is 0 Å². The van der Waals surface area contributed by atoms with Crippen molar-refractivity contribution in [3.05, 3.63) is 70.0 Å². The zero-order valence-electron chi connectivity index (χ0n) is 17.4. The summed E-state index contributed by atoms with van der Waals surface area (Å²) in [6.07, 6.45) is -0.244. The summed E-state index contributed by atoms with van der Waals surface area (Å²) in [4.78, 5) is 28.3. The van der Waals surface area contributed by atoms with E-state index in [0.717, 1.165) is 12.1 Å². The van der Waals surface area contributed by atoms with Gasteiger partial charge in [-0.05, 0) is 43.7 Å². The molecule has 0 atom stereocenters. The lowest BCUT2D eigenvalue weighted by atomic mass is 10.1. The Morgan fingerprint density at radius 3 is 2.59 bits per heavy atom. The zero-order valence-corrected chi connectivity index (χ0v) is 17.4. The number of ether oxygens (including phenoxy) is 1. The third-order valence-electron chi connectivity index (χ3n) is 4.81. The van der Waals surface area contributed by atoms with E-state index in [0.29, 0.717) is 27.7 Å². The van der Waals surface area contributed by atoms with E-state index in [-0.39, 0.29) is 17.7 Å². The number of hydrogen-bond acceptors (Lipinski definition) is 5. The van der Waals surface area contributed by atoms with Gasteiger partial charge in [0.1, 0.15) is 11.7 Å². The average molecular weight is 441 g/mol. The summed E-state index contributed by atoms with van der Waals surface area (Å²) < 4.78 is 46.1. The molecular weight excluding hydrogens is 423 g/mol. The number of benzene rings is 1. The molecule has 0 aliphatic carbocycles. The summed E-state index contributed by atoms with van der Waals surface area (Å²) in [5.74, 6) is -1.12. The van der Waals surface area contributed by atoms with Crippen LogP contribution in [-0.2, 0) is 22.3 Å². The van der Waals surface area contributed by atoms with Gasteiger partial charge in [0.2, 0.25) is 0 Å². The molecule has 2 aromatic heterocycles. The number of aryl methyl sites for hydroxylation is 1. The third-order valence-corrected chi connectivity index (χ3v) is 4.81. The van der Waals surface area contributed by atoms with E-state index in [4.69, 9.17) is 4.74 Å². The molecule has 0 N–H and O–H groups in total. The van der Waals surface area contributed by atoms with Gasteiger partial charge < -0.3 is 9.30 Å². The second-order valence-electron chi connectivity index (χ2n) is 7.19. The van der Waals surface area contributed by atoms with E-state index in [1.54, 1.807) is 23.8 Å². The first kappa shape index (κ1) is 22.7. The maximum atomic E-state index is 13.2. The number of nitriles is 1. The number of alkyl halides is 3. The third kappa shape index (κ3) is 4.54. The summed E-state index contributed by atoms with van der Waals surface area (Å²) in [5, 5.41) is 9.60. The minimum absolute atomic E-state index is 0.0225. The van der Waals surface area contributed by atoms with Crippen molar-refractivity contribution in [2.75, 3.05) is 7.11 Å². The van der Waals surface area contributed by atoms with Crippen LogP contribution in [0.15, 0.2) is 42.2 Å². The SMILES string of the molecule is COC(=O)c1ccnc2c1c(/C=C(\C#N)C(C)=O)cn2Cc1cc(C)cc(C(F)(F)F)c1. The lowest BCUT2D eigenvalue weighted by Crippen LogP contribution is -2.08. The normalized spacial score (nSPS) is 12.0. The van der Waals surface area contributed by atoms with Crippen LogP contribution in [0, 0.1) is 18.3 Å². The molecule has 0 saturated carbocycles. The number of aromatic nitrogens is 2. The second-order valence-corrected chi connectivity index (χ2v) is 7.19. The largest absolute Gasteiger partial charge is 0.465 e. The van der Waals surface area contributed by atoms with Crippen LogP contribution < -0.4 is 0 Å². The number of nitrogens with zero attached hydrogens (tertiary/aromatic N) is 3. The number of Topliss-reactive ketones (excluding diaryl/α,β-unsaturated/α-hetero) is 1. The van der Waals surface area contributed by atoms with Crippen LogP contribution in [0.5, 0.6) is 0 Å². The Bertz CT molecular complexity index is 1300. The molecule has 6 nitrogen and oxygen atoms in total. The highest BCUT2D eigenvalue weighted by Gasteiger charge is 2.31. The summed E-state index contributed by atoms with van der Waals surface area (Å²) in [7, 11) is 1.21. The molecule has 0 aliphatic heterocycles. The zero-order chi connectivity index (χ0) is 23.6. The molecule has 9 heteroatoms. The van der Waals surface area contributed by atoms with E-state index in [2.05, 4.69) is 4.98 Å². The number of carbonyl (C=O) groups is 2. The van der Waals surface area contributed by atoms with Gasteiger partial charge in [-0.2, -0.15) is 18.4 Å². The molecule has 32 heavy (non-hydrogen) atoms. The molecule has 0 radical (unpaired) electrons. The van der Waals surface area contributed by atoms with Gasteiger partial charge in [-0.1, -0.05) is 11.6 Å². The number of esters is 1. The number of rotatable bonds is 5. The van der Waals surface area contributed by atoms with Gasteiger partial charge in [0, 0.05) is 29.9 Å². The first-order valence-electron chi connectivity index (χ1n) is 9.41. The lowest BCUT2D eigenvalue weighted by molar-refractivity contribution is -0.137. The molecule has 0 aliphatic rings. The van der Waals surface area contributed by atoms with Crippen molar-refractivity contribution in [1.29, 1.82) is 5.26 Å². The quantitative estimate of drug-likeness (QED) is 0.326. The van der Waals surface area contributed by atoms with Gasteiger partial charge in [0.15, 0.2) is 5.78 Å². The van der Waals surface area contributed by atoms with Crippen molar-refractivity contribution < 1.29 is 27.5 Å². The van der Waals surface area contributed by atoms with Crippen LogP contribution >= 0.6 is 0 Å². The van der Waals surface area contributed by atoms with Crippen LogP contribution in [0.3, 0.4) is 0 Å². The molecule has 0 saturated heterocycles. The van der Waals surface area contributed by atoms with Crippen LogP contribution in [0.25, 0.3) is 17.1 Å². The molecule has 1 aromatic carbocycles. The number of halogens is 3. The maximum absolute atomic E-state index is 13.2. The highest BCUT2D eigenvalue weighted by Crippen LogP contribution is 2.32. The Kier molecular flexibility index (Phi) is 6.16. The average Bonchev–Trinajstić information content (AvgIpc) is 3.07. The minimum atomic E-state index is -4.49. The predicted octanol–water partition coefficient (Wildman–Crippen LogP) is 4.69. The lowest BCUT2D eigenvalue weighted by Gasteiger charge is -2.12. The van der Waals surface area contributed by atoms with E-state index >= 15 is 0 Å². The van der Waals surface area contributed by atoms with Crippen molar-refractivity contribution in [1.82, 2.24) is 9.55 Å². The van der Waals surface area contributed by atoms with E-state index < -0.39 is 23.5 Å². The van der Waals surface area contributed by atoms with Crippen molar-refractivity contribution in [2.24, 2.45) is 0 Å². The molecule has 164 valence electrons. The van der Waals surface area contributed by atoms with E-state index in [1.807, 2.05) is 6.07 Å². The number of pyridine rings is 1. The molecule has 3 rings (SSSR count). The van der Waals surface area contributed by atoms with Gasteiger partial charge in [-0.3, -0.25) is 4.79 Å². The Morgan fingerprint density at radius 1 is 1.28 bits per heavy atom. The van der Waals surface area contributed by atoms with E-state index in [1.165, 1.54) is 32.4 Å². The fourth-order valence-electron chi connectivity index (χ4n) is 3.44. The monoisotopic (exact) mass is 441 g/mol. The molecule has 3 aromatic rings. The van der Waals surface area contributed by atoms with Crippen molar-refractivity contribution in [3.63, 3.8) is 0 Å². The Balaban J connectivity index is 2.24. The van der Waals surface area contributed by atoms with Gasteiger partial charge in [0.25, 0.3) is 0 Å². The fraction of sp³-hybridized carbons (Fsp3) is 0.217. The summed E-state index contributed by atoms with van der Waals surface area (Å²) >= 11 is 0. The van der Waals surface area contributed by atoms with Crippen molar-refractivity contribution >= 4 is 28.9 Å². The van der Waals surface area contributed by atoms with Gasteiger partial charge in [0.05, 0.1) is 23.8 Å². The van der Waals surface area contributed by atoms with Crippen molar-refractivity contribution in [2.45, 2.75) is 26.6 Å². The van der Waals surface area contributed by atoms with Crippen molar-refractivity contribution in [3.8, 4) is 6.07 Å². The summed E-state index contributed by atoms with van der Waals surface area (Å²) in [6.45, 7) is 2.83. The molecule has 0 bridgehead atoms. The predicted molar refractivity (Wildman–Crippen MR) is 111 cm³/mol. The molecular formula is C23H18F3N3O3. The summed E-state index contributed by atoms with van der Waals surface area (Å²) in [5.41, 5.74) is 0.719. The first-order chi connectivity index (χ1) is 15.0. The second kappa shape index (κ2) is 8.67. The molecule has 0 amide bonds. The molecule has 0 unspecified atom stereocenters. The highest BCUT2D eigenvalue weighted by molar-refractivity contribution is 6.09. The van der Waals surface area contributed by atoms with Gasteiger partial charge >= 0.3 is 12.1 Å². The highest BCUT2D eigenvalue weighted by atomic mass is 19.4. The maximum Gasteiger partial charge on any atom is 0.416 e. The summed E-state index contributed by atoms with van der Waals surface area (Å²) in [6, 6.07) is 6.98. The smallest absolute Gasteiger partial charge is 0.416 e. The minimum Gasteiger partial charge on any atom is -0.465 e. The van der Waals surface area contributed by atoms with Gasteiger partial charge in [-0.15, -0.1) is 0 Å². The first-order valence-corrected chi connectivity index (χ1v) is 9.41. The van der Waals surface area contributed by atoms with Gasteiger partial charge in [-0.25, -0.2) is 9.78 Å². The van der Waals surface area contributed by atoms with Crippen LogP contribution in [0.4, 0.5) is 13.2 Å². The Labute approximate surface area is 181 Å². The number of allylic oxidation sites excluding steroid dienone is 1. The topological polar surface area (TPSA) is 85.0 Å². The number of methoxy groups -OCH3 is 1. The fourth-order valence-corrected chi connectivity index (χ4v) is 3.44. The Morgan fingerprint density at radius 2 is 2.00 bits per heavy atom. The van der Waals surface area contributed by atoms with Crippen LogP contribution in [-0.4, -0.2) is 28.4 Å². The number of hydrogen-bond donors (Lipinski definition) is 0. The number of carbonyl (C=O) groups excluding carboxylic acids is 2. The molecule has 0 spiro atoms. The van der Waals surface area contributed by atoms with E-state index in [9.17, 15) is 28.0 Å².